The Labute approximate surface area is 138 Å². The molecular weight excluding hydrogens is 300 g/mol. The number of hydrogen-bond donors (Lipinski definition) is 1. The minimum Gasteiger partial charge on any atom is -0.341 e. The molecule has 0 saturated carbocycles. The first kappa shape index (κ1) is 17.5. The van der Waals surface area contributed by atoms with E-state index in [1.54, 1.807) is 0 Å². The van der Waals surface area contributed by atoms with Crippen molar-refractivity contribution in [2.24, 2.45) is 0 Å². The standard InChI is InChI=1S/C16H30N2OS2/c1-2-3-7-16(19)18-8-5-4-6-14(11-18)17-15-12-20-9-10-21-13-15/h14-15,17H,2-13H2,1H3. The summed E-state index contributed by atoms with van der Waals surface area (Å²) in [5, 5.41) is 3.84. The summed E-state index contributed by atoms with van der Waals surface area (Å²) in [4.78, 5) is 14.4. The van der Waals surface area contributed by atoms with Crippen LogP contribution >= 0.6 is 23.5 Å². The number of likely N-dealkylation sites (tertiary alicyclic amines) is 1. The van der Waals surface area contributed by atoms with Crippen molar-refractivity contribution < 1.29 is 4.79 Å². The van der Waals surface area contributed by atoms with Crippen molar-refractivity contribution in [2.45, 2.75) is 57.5 Å². The first-order valence-electron chi connectivity index (χ1n) is 8.49. The molecule has 2 heterocycles. The van der Waals surface area contributed by atoms with E-state index in [1.807, 2.05) is 0 Å². The van der Waals surface area contributed by atoms with Crippen LogP contribution in [0.2, 0.25) is 0 Å². The van der Waals surface area contributed by atoms with Gasteiger partial charge < -0.3 is 10.2 Å². The molecule has 122 valence electrons. The summed E-state index contributed by atoms with van der Waals surface area (Å²) in [6.07, 6.45) is 6.52. The van der Waals surface area contributed by atoms with E-state index in [0.29, 0.717) is 18.0 Å². The van der Waals surface area contributed by atoms with Gasteiger partial charge >= 0.3 is 0 Å². The van der Waals surface area contributed by atoms with Crippen LogP contribution < -0.4 is 5.32 Å². The van der Waals surface area contributed by atoms with Gasteiger partial charge in [0.2, 0.25) is 5.91 Å². The van der Waals surface area contributed by atoms with Crippen molar-refractivity contribution in [1.29, 1.82) is 0 Å². The summed E-state index contributed by atoms with van der Waals surface area (Å²) >= 11 is 4.14. The Morgan fingerprint density at radius 3 is 2.67 bits per heavy atom. The minimum atomic E-state index is 0.371. The lowest BCUT2D eigenvalue weighted by atomic mass is 10.1. The molecule has 5 heteroatoms. The number of rotatable bonds is 5. The summed E-state index contributed by atoms with van der Waals surface area (Å²) in [5.74, 6) is 5.40. The van der Waals surface area contributed by atoms with E-state index in [1.165, 1.54) is 42.3 Å². The molecule has 21 heavy (non-hydrogen) atoms. The molecule has 0 aromatic rings. The molecule has 0 aliphatic carbocycles. The van der Waals surface area contributed by atoms with Gasteiger partial charge in [-0.2, -0.15) is 23.5 Å². The van der Waals surface area contributed by atoms with E-state index < -0.39 is 0 Å². The number of unbranched alkanes of at least 4 members (excludes halogenated alkanes) is 1. The largest absolute Gasteiger partial charge is 0.341 e. The van der Waals surface area contributed by atoms with Crippen LogP contribution in [0.1, 0.15) is 45.4 Å². The summed E-state index contributed by atoms with van der Waals surface area (Å²) in [7, 11) is 0. The second-order valence-electron chi connectivity index (χ2n) is 6.15. The molecule has 0 radical (unpaired) electrons. The van der Waals surface area contributed by atoms with Gasteiger partial charge in [0.25, 0.3) is 0 Å². The van der Waals surface area contributed by atoms with Crippen molar-refractivity contribution in [3.8, 4) is 0 Å². The van der Waals surface area contributed by atoms with E-state index in [4.69, 9.17) is 0 Å². The normalized spacial score (nSPS) is 25.4. The average molecular weight is 331 g/mol. The van der Waals surface area contributed by atoms with Gasteiger partial charge in [-0.05, 0) is 19.3 Å². The average Bonchev–Trinajstić information content (AvgIpc) is 2.88. The van der Waals surface area contributed by atoms with Gasteiger partial charge in [0.05, 0.1) is 0 Å². The molecule has 0 aromatic heterocycles. The molecule has 0 bridgehead atoms. The smallest absolute Gasteiger partial charge is 0.222 e. The fourth-order valence-corrected chi connectivity index (χ4v) is 5.46. The number of carbonyl (C=O) groups excluding carboxylic acids is 1. The quantitative estimate of drug-likeness (QED) is 0.840. The third-order valence-corrected chi connectivity index (χ3v) is 6.77. The summed E-state index contributed by atoms with van der Waals surface area (Å²) in [5.41, 5.74) is 0. The number of amides is 1. The zero-order valence-electron chi connectivity index (χ0n) is 13.3. The summed E-state index contributed by atoms with van der Waals surface area (Å²) in [6.45, 7) is 4.05. The lowest BCUT2D eigenvalue weighted by molar-refractivity contribution is -0.131. The first-order chi connectivity index (χ1) is 10.3. The fraction of sp³-hybridized carbons (Fsp3) is 0.938. The molecule has 0 spiro atoms. The topological polar surface area (TPSA) is 32.3 Å². The third kappa shape index (κ3) is 6.41. The van der Waals surface area contributed by atoms with Crippen LogP contribution in [0.4, 0.5) is 0 Å². The Bertz CT molecular complexity index is 307. The Hall–Kier alpha value is 0.130. The zero-order valence-corrected chi connectivity index (χ0v) is 14.9. The monoisotopic (exact) mass is 330 g/mol. The maximum Gasteiger partial charge on any atom is 0.222 e. The highest BCUT2D eigenvalue weighted by molar-refractivity contribution is 8.03. The van der Waals surface area contributed by atoms with E-state index in [0.717, 1.165) is 32.4 Å². The van der Waals surface area contributed by atoms with E-state index in [-0.39, 0.29) is 0 Å². The van der Waals surface area contributed by atoms with Crippen molar-refractivity contribution in [1.82, 2.24) is 10.2 Å². The van der Waals surface area contributed by atoms with Crippen molar-refractivity contribution in [3.63, 3.8) is 0 Å². The zero-order chi connectivity index (χ0) is 14.9. The second-order valence-corrected chi connectivity index (χ2v) is 8.45. The number of nitrogens with one attached hydrogen (secondary N) is 1. The van der Waals surface area contributed by atoms with E-state index in [9.17, 15) is 4.79 Å². The molecular formula is C16H30N2OS2. The summed E-state index contributed by atoms with van der Waals surface area (Å²) < 4.78 is 0. The number of hydrogen-bond acceptors (Lipinski definition) is 4. The van der Waals surface area contributed by atoms with Gasteiger partial charge in [-0.3, -0.25) is 4.79 Å². The van der Waals surface area contributed by atoms with Crippen LogP contribution in [0, 0.1) is 0 Å². The highest BCUT2D eigenvalue weighted by atomic mass is 32.2. The van der Waals surface area contributed by atoms with Crippen LogP contribution in [0.25, 0.3) is 0 Å². The van der Waals surface area contributed by atoms with E-state index >= 15 is 0 Å². The molecule has 2 aliphatic rings. The van der Waals surface area contributed by atoms with Gasteiger partial charge in [-0.1, -0.05) is 19.8 Å². The lowest BCUT2D eigenvalue weighted by Gasteiger charge is -2.28. The second kappa shape index (κ2) is 10.0. The third-order valence-electron chi connectivity index (χ3n) is 4.25. The van der Waals surface area contributed by atoms with E-state index in [2.05, 4.69) is 40.7 Å². The fourth-order valence-electron chi connectivity index (χ4n) is 3.04. The van der Waals surface area contributed by atoms with Crippen molar-refractivity contribution in [2.75, 3.05) is 36.1 Å². The molecule has 1 unspecified atom stereocenters. The lowest BCUT2D eigenvalue weighted by Crippen LogP contribution is -2.47. The van der Waals surface area contributed by atoms with Crippen LogP contribution in [0.3, 0.4) is 0 Å². The number of thioether (sulfide) groups is 2. The molecule has 1 amide bonds. The van der Waals surface area contributed by atoms with Crippen LogP contribution in [-0.4, -0.2) is 59.0 Å². The van der Waals surface area contributed by atoms with Gasteiger partial charge in [0.15, 0.2) is 0 Å². The molecule has 1 N–H and O–H groups in total. The molecule has 3 nitrogen and oxygen atoms in total. The molecule has 2 fully saturated rings. The Balaban J connectivity index is 1.82. The highest BCUT2D eigenvalue weighted by Gasteiger charge is 2.24. The molecule has 2 aliphatic heterocycles. The molecule has 1 atom stereocenters. The number of carbonyl (C=O) groups is 1. The maximum absolute atomic E-state index is 12.3. The van der Waals surface area contributed by atoms with Gasteiger partial charge in [-0.15, -0.1) is 0 Å². The Morgan fingerprint density at radius 1 is 1.19 bits per heavy atom. The Morgan fingerprint density at radius 2 is 1.95 bits per heavy atom. The van der Waals surface area contributed by atoms with Gasteiger partial charge in [0, 0.05) is 54.6 Å². The molecule has 2 rings (SSSR count). The Kier molecular flexibility index (Phi) is 8.33. The molecule has 2 saturated heterocycles. The van der Waals surface area contributed by atoms with Crippen LogP contribution in [0.15, 0.2) is 0 Å². The highest BCUT2D eigenvalue weighted by Crippen LogP contribution is 2.19. The van der Waals surface area contributed by atoms with Gasteiger partial charge in [-0.25, -0.2) is 0 Å². The minimum absolute atomic E-state index is 0.371. The number of nitrogens with zero attached hydrogens (tertiary/aromatic N) is 1. The van der Waals surface area contributed by atoms with Crippen molar-refractivity contribution in [3.05, 3.63) is 0 Å². The first-order valence-corrected chi connectivity index (χ1v) is 10.8. The summed E-state index contributed by atoms with van der Waals surface area (Å²) in [6, 6.07) is 1.13. The molecule has 0 aromatic carbocycles. The van der Waals surface area contributed by atoms with Crippen LogP contribution in [0.5, 0.6) is 0 Å². The van der Waals surface area contributed by atoms with Crippen LogP contribution in [-0.2, 0) is 4.79 Å². The maximum atomic E-state index is 12.3. The van der Waals surface area contributed by atoms with Crippen molar-refractivity contribution >= 4 is 29.4 Å². The SMILES string of the molecule is CCCCC(=O)N1CCCCC(NC2CSCCSC2)C1. The predicted molar refractivity (Wildman–Crippen MR) is 95.3 cm³/mol. The predicted octanol–water partition coefficient (Wildman–Crippen LogP) is 3.00. The van der Waals surface area contributed by atoms with Gasteiger partial charge in [0.1, 0.15) is 0 Å².